The molecule has 8 nitrogen and oxygen atoms in total. The summed E-state index contributed by atoms with van der Waals surface area (Å²) in [7, 11) is 2.79. The van der Waals surface area contributed by atoms with E-state index in [1.165, 1.54) is 44.7 Å². The van der Waals surface area contributed by atoms with Crippen LogP contribution in [-0.2, 0) is 0 Å². The fourth-order valence-electron chi connectivity index (χ4n) is 1.77. The van der Waals surface area contributed by atoms with Crippen molar-refractivity contribution in [3.05, 3.63) is 41.9 Å². The molecule has 0 aliphatic rings. The van der Waals surface area contributed by atoms with Gasteiger partial charge in [-0.05, 0) is 12.1 Å². The van der Waals surface area contributed by atoms with Gasteiger partial charge in [0.25, 0.3) is 5.91 Å². The topological polar surface area (TPSA) is 113 Å². The van der Waals surface area contributed by atoms with Crippen LogP contribution in [0.3, 0.4) is 0 Å². The van der Waals surface area contributed by atoms with Crippen molar-refractivity contribution in [2.45, 2.75) is 0 Å². The Balaban J connectivity index is 2.47. The number of nitrogen functional groups attached to an aromatic ring is 1. The van der Waals surface area contributed by atoms with Crippen molar-refractivity contribution in [3.8, 4) is 17.2 Å². The van der Waals surface area contributed by atoms with E-state index in [0.29, 0.717) is 5.75 Å². The SMILES string of the molecule is COc1cc(OC)c(C(=O)NN)c(OC(=O)c2ccco2)c1. The Kier molecular flexibility index (Phi) is 4.64. The third-order valence-electron chi connectivity index (χ3n) is 2.78. The molecule has 0 saturated heterocycles. The predicted molar refractivity (Wildman–Crippen MR) is 74.9 cm³/mol. The van der Waals surface area contributed by atoms with Gasteiger partial charge in [-0.15, -0.1) is 0 Å². The first kappa shape index (κ1) is 15.4. The summed E-state index contributed by atoms with van der Waals surface area (Å²) in [6.07, 6.45) is 1.33. The summed E-state index contributed by atoms with van der Waals surface area (Å²) in [4.78, 5) is 23.9. The van der Waals surface area contributed by atoms with Gasteiger partial charge < -0.3 is 18.6 Å². The normalized spacial score (nSPS) is 9.95. The van der Waals surface area contributed by atoms with Gasteiger partial charge in [0.05, 0.1) is 20.5 Å². The van der Waals surface area contributed by atoms with Crippen LogP contribution in [0.5, 0.6) is 17.2 Å². The van der Waals surface area contributed by atoms with E-state index in [0.717, 1.165) is 0 Å². The average molecular weight is 306 g/mol. The van der Waals surface area contributed by atoms with Crippen molar-refractivity contribution < 1.29 is 28.2 Å². The summed E-state index contributed by atoms with van der Waals surface area (Å²) in [5.41, 5.74) is 1.93. The maximum absolute atomic E-state index is 12.0. The molecule has 2 aromatic rings. The summed E-state index contributed by atoms with van der Waals surface area (Å²) < 4.78 is 20.3. The molecule has 0 aliphatic heterocycles. The zero-order valence-corrected chi connectivity index (χ0v) is 11.9. The van der Waals surface area contributed by atoms with Crippen LogP contribution >= 0.6 is 0 Å². The second kappa shape index (κ2) is 6.64. The summed E-state index contributed by atoms with van der Waals surface area (Å²) in [5.74, 6) is 4.10. The lowest BCUT2D eigenvalue weighted by Gasteiger charge is -2.14. The third kappa shape index (κ3) is 3.01. The van der Waals surface area contributed by atoms with Crippen LogP contribution in [0.15, 0.2) is 34.9 Å². The van der Waals surface area contributed by atoms with Gasteiger partial charge in [0.2, 0.25) is 5.76 Å². The van der Waals surface area contributed by atoms with Gasteiger partial charge in [-0.2, -0.15) is 0 Å². The van der Waals surface area contributed by atoms with Crippen molar-refractivity contribution in [3.63, 3.8) is 0 Å². The lowest BCUT2D eigenvalue weighted by atomic mass is 10.1. The maximum atomic E-state index is 12.0. The quantitative estimate of drug-likeness (QED) is 0.280. The standard InChI is InChI=1S/C14H14N2O6/c1-19-8-6-10(20-2)12(13(17)16-15)11(7-8)22-14(18)9-4-3-5-21-9/h3-7H,15H2,1-2H3,(H,16,17). The first-order chi connectivity index (χ1) is 10.6. The van der Waals surface area contributed by atoms with E-state index >= 15 is 0 Å². The number of benzene rings is 1. The molecular weight excluding hydrogens is 292 g/mol. The number of ether oxygens (including phenoxy) is 3. The van der Waals surface area contributed by atoms with E-state index in [4.69, 9.17) is 24.5 Å². The second-order valence-electron chi connectivity index (χ2n) is 4.04. The number of methoxy groups -OCH3 is 2. The molecule has 0 aliphatic carbocycles. The molecule has 22 heavy (non-hydrogen) atoms. The van der Waals surface area contributed by atoms with Gasteiger partial charge in [-0.3, -0.25) is 10.2 Å². The smallest absolute Gasteiger partial charge is 0.379 e. The predicted octanol–water partition coefficient (Wildman–Crippen LogP) is 1.12. The Bertz CT molecular complexity index is 681. The number of rotatable bonds is 5. The van der Waals surface area contributed by atoms with Crippen molar-refractivity contribution in [2.75, 3.05) is 14.2 Å². The largest absolute Gasteiger partial charge is 0.496 e. The Morgan fingerprint density at radius 2 is 1.91 bits per heavy atom. The van der Waals surface area contributed by atoms with E-state index in [1.54, 1.807) is 0 Å². The Hall–Kier alpha value is -3.00. The summed E-state index contributed by atoms with van der Waals surface area (Å²) in [6, 6.07) is 5.81. The molecule has 3 N–H and O–H groups in total. The van der Waals surface area contributed by atoms with Crippen LogP contribution in [0.1, 0.15) is 20.9 Å². The van der Waals surface area contributed by atoms with Crippen molar-refractivity contribution in [2.24, 2.45) is 5.84 Å². The van der Waals surface area contributed by atoms with Gasteiger partial charge in [-0.1, -0.05) is 0 Å². The van der Waals surface area contributed by atoms with E-state index in [1.807, 2.05) is 5.43 Å². The number of hydrazine groups is 1. The lowest BCUT2D eigenvalue weighted by Crippen LogP contribution is -2.31. The maximum Gasteiger partial charge on any atom is 0.379 e. The molecule has 0 atom stereocenters. The zero-order chi connectivity index (χ0) is 16.1. The first-order valence-corrected chi connectivity index (χ1v) is 6.13. The molecule has 116 valence electrons. The Morgan fingerprint density at radius 1 is 1.18 bits per heavy atom. The van der Waals surface area contributed by atoms with Gasteiger partial charge in [0.1, 0.15) is 17.1 Å². The molecule has 0 saturated carbocycles. The molecular formula is C14H14N2O6. The Labute approximate surface area is 125 Å². The van der Waals surface area contributed by atoms with Gasteiger partial charge >= 0.3 is 5.97 Å². The number of carbonyl (C=O) groups is 2. The highest BCUT2D eigenvalue weighted by Gasteiger charge is 2.23. The van der Waals surface area contributed by atoms with Crippen molar-refractivity contribution in [1.29, 1.82) is 0 Å². The van der Waals surface area contributed by atoms with E-state index < -0.39 is 11.9 Å². The number of hydrogen-bond acceptors (Lipinski definition) is 7. The molecule has 0 fully saturated rings. The van der Waals surface area contributed by atoms with Gasteiger partial charge in [0.15, 0.2) is 5.75 Å². The molecule has 0 spiro atoms. The number of amides is 1. The fourth-order valence-corrected chi connectivity index (χ4v) is 1.77. The highest BCUT2D eigenvalue weighted by molar-refractivity contribution is 6.01. The molecule has 0 unspecified atom stereocenters. The number of nitrogens with one attached hydrogen (secondary N) is 1. The molecule has 1 amide bonds. The third-order valence-corrected chi connectivity index (χ3v) is 2.78. The van der Waals surface area contributed by atoms with Crippen LogP contribution in [0, 0.1) is 0 Å². The lowest BCUT2D eigenvalue weighted by molar-refractivity contribution is 0.0698. The average Bonchev–Trinajstić information content (AvgIpc) is 3.07. The molecule has 2 rings (SSSR count). The van der Waals surface area contributed by atoms with Crippen LogP contribution in [0.4, 0.5) is 0 Å². The number of carbonyl (C=O) groups excluding carboxylic acids is 2. The van der Waals surface area contributed by atoms with Crippen molar-refractivity contribution >= 4 is 11.9 Å². The first-order valence-electron chi connectivity index (χ1n) is 6.13. The summed E-state index contributed by atoms with van der Waals surface area (Å²) in [6.45, 7) is 0. The minimum Gasteiger partial charge on any atom is -0.496 e. The zero-order valence-electron chi connectivity index (χ0n) is 11.9. The highest BCUT2D eigenvalue weighted by atomic mass is 16.6. The van der Waals surface area contributed by atoms with E-state index in [-0.39, 0.29) is 22.8 Å². The monoisotopic (exact) mass is 306 g/mol. The molecule has 0 bridgehead atoms. The van der Waals surface area contributed by atoms with E-state index in [2.05, 4.69) is 0 Å². The van der Waals surface area contributed by atoms with Crippen LogP contribution < -0.4 is 25.5 Å². The van der Waals surface area contributed by atoms with E-state index in [9.17, 15) is 9.59 Å². The number of hydrogen-bond donors (Lipinski definition) is 2. The van der Waals surface area contributed by atoms with Crippen LogP contribution in [0.25, 0.3) is 0 Å². The van der Waals surface area contributed by atoms with Gasteiger partial charge in [0, 0.05) is 12.1 Å². The van der Waals surface area contributed by atoms with Gasteiger partial charge in [-0.25, -0.2) is 10.6 Å². The highest BCUT2D eigenvalue weighted by Crippen LogP contribution is 2.34. The summed E-state index contributed by atoms with van der Waals surface area (Å²) in [5, 5.41) is 0. The minimum atomic E-state index is -0.772. The molecule has 1 aromatic heterocycles. The number of nitrogens with two attached hydrogens (primary N) is 1. The Morgan fingerprint density at radius 3 is 2.45 bits per heavy atom. The van der Waals surface area contributed by atoms with Crippen LogP contribution in [-0.4, -0.2) is 26.1 Å². The van der Waals surface area contributed by atoms with Crippen LogP contribution in [0.2, 0.25) is 0 Å². The number of esters is 1. The second-order valence-corrected chi connectivity index (χ2v) is 4.04. The molecule has 0 radical (unpaired) electrons. The minimum absolute atomic E-state index is 0.0131. The fraction of sp³-hybridized carbons (Fsp3) is 0.143. The molecule has 8 heteroatoms. The number of furan rings is 1. The summed E-state index contributed by atoms with van der Waals surface area (Å²) >= 11 is 0. The molecule has 1 heterocycles. The van der Waals surface area contributed by atoms with Crippen molar-refractivity contribution in [1.82, 2.24) is 5.43 Å². The molecule has 1 aromatic carbocycles.